The number of fused-ring (bicyclic) bond motifs is 1. The van der Waals surface area contributed by atoms with Crippen LogP contribution in [0.1, 0.15) is 38.8 Å². The third-order valence-corrected chi connectivity index (χ3v) is 4.09. The minimum atomic E-state index is -0.214. The van der Waals surface area contributed by atoms with Crippen LogP contribution in [0.25, 0.3) is 17.8 Å². The Kier molecular flexibility index (Phi) is 4.20. The van der Waals surface area contributed by atoms with E-state index in [1.807, 2.05) is 63.3 Å². The largest absolute Gasteiger partial charge is 0.381 e. The van der Waals surface area contributed by atoms with Gasteiger partial charge in [-0.15, -0.1) is 5.10 Å². The van der Waals surface area contributed by atoms with Crippen molar-refractivity contribution in [1.29, 1.82) is 0 Å². The Balaban J connectivity index is 2.35. The molecule has 2 heterocycles. The van der Waals surface area contributed by atoms with Gasteiger partial charge in [0.1, 0.15) is 0 Å². The molecule has 0 aliphatic rings. The fraction of sp³-hybridized carbons (Fsp3) is 0.278. The predicted molar refractivity (Wildman–Crippen MR) is 96.1 cm³/mol. The number of hydrogen-bond acceptors (Lipinski definition) is 4. The van der Waals surface area contributed by atoms with E-state index in [4.69, 9.17) is 5.73 Å². The maximum atomic E-state index is 13.0. The van der Waals surface area contributed by atoms with Crippen molar-refractivity contribution in [2.45, 2.75) is 33.2 Å². The zero-order chi connectivity index (χ0) is 17.3. The van der Waals surface area contributed by atoms with E-state index >= 15 is 0 Å². The highest BCUT2D eigenvalue weighted by molar-refractivity contribution is 5.59. The van der Waals surface area contributed by atoms with E-state index in [0.29, 0.717) is 11.0 Å². The van der Waals surface area contributed by atoms with E-state index < -0.39 is 0 Å². The lowest BCUT2D eigenvalue weighted by molar-refractivity contribution is 0.544. The van der Waals surface area contributed by atoms with Gasteiger partial charge in [-0.1, -0.05) is 49.4 Å². The summed E-state index contributed by atoms with van der Waals surface area (Å²) in [7, 11) is 0. The van der Waals surface area contributed by atoms with Gasteiger partial charge in [-0.25, -0.2) is 18.9 Å². The van der Waals surface area contributed by atoms with Crippen molar-refractivity contribution in [2.75, 3.05) is 5.73 Å². The number of aromatic nitrogens is 4. The number of nitrogens with two attached hydrogens (primary N) is 1. The quantitative estimate of drug-likeness (QED) is 0.782. The number of anilines is 1. The van der Waals surface area contributed by atoms with Gasteiger partial charge in [0.25, 0.3) is 0 Å². The van der Waals surface area contributed by atoms with Gasteiger partial charge in [-0.3, -0.25) is 0 Å². The van der Waals surface area contributed by atoms with Crippen LogP contribution in [-0.2, 0) is 0 Å². The first kappa shape index (κ1) is 16.0. The van der Waals surface area contributed by atoms with Crippen LogP contribution in [0.5, 0.6) is 0 Å². The number of nitrogen functional groups attached to an aromatic ring is 1. The van der Waals surface area contributed by atoms with E-state index in [1.165, 1.54) is 4.68 Å². The number of rotatable bonds is 3. The zero-order valence-corrected chi connectivity index (χ0v) is 14.1. The van der Waals surface area contributed by atoms with Gasteiger partial charge in [0, 0.05) is 0 Å². The Morgan fingerprint density at radius 1 is 1.29 bits per heavy atom. The minimum Gasteiger partial charge on any atom is -0.381 e. The molecule has 0 aliphatic heterocycles. The van der Waals surface area contributed by atoms with Gasteiger partial charge < -0.3 is 5.73 Å². The van der Waals surface area contributed by atoms with Crippen molar-refractivity contribution < 1.29 is 0 Å². The first-order valence-electron chi connectivity index (χ1n) is 8.06. The maximum Gasteiger partial charge on any atom is 0.351 e. The van der Waals surface area contributed by atoms with Crippen molar-refractivity contribution >= 4 is 23.6 Å². The molecule has 1 aromatic carbocycles. The standard InChI is InChI=1S/C18H21N5O/c1-4-9-14-15(5-2)22-17(16(19)20-14)21-23(18(22)24)12(3)13-10-7-6-8-11-13/h5-12H,4H2,1-3H3,(H2,19,20). The first-order chi connectivity index (χ1) is 11.6. The van der Waals surface area contributed by atoms with Crippen molar-refractivity contribution in [3.05, 3.63) is 57.1 Å². The smallest absolute Gasteiger partial charge is 0.351 e. The van der Waals surface area contributed by atoms with Crippen molar-refractivity contribution in [3.8, 4) is 0 Å². The molecule has 3 aromatic rings. The van der Waals surface area contributed by atoms with Crippen LogP contribution in [0, 0.1) is 0 Å². The summed E-state index contributed by atoms with van der Waals surface area (Å²) in [6, 6.07) is 9.60. The molecular weight excluding hydrogens is 302 g/mol. The van der Waals surface area contributed by atoms with Crippen LogP contribution in [0.3, 0.4) is 0 Å². The van der Waals surface area contributed by atoms with Crippen LogP contribution in [0.4, 0.5) is 5.82 Å². The number of hydrogen-bond donors (Lipinski definition) is 1. The van der Waals surface area contributed by atoms with E-state index in [2.05, 4.69) is 10.1 Å². The van der Waals surface area contributed by atoms with E-state index in [-0.39, 0.29) is 17.5 Å². The molecule has 0 amide bonds. The molecule has 6 heteroatoms. The summed E-state index contributed by atoms with van der Waals surface area (Å²) in [5.74, 6) is 0.261. The molecule has 1 unspecified atom stereocenters. The molecule has 0 spiro atoms. The van der Waals surface area contributed by atoms with Crippen LogP contribution >= 0.6 is 0 Å². The molecule has 124 valence electrons. The van der Waals surface area contributed by atoms with Gasteiger partial charge >= 0.3 is 5.69 Å². The van der Waals surface area contributed by atoms with E-state index in [9.17, 15) is 4.79 Å². The summed E-state index contributed by atoms with van der Waals surface area (Å²) in [5.41, 5.74) is 7.24. The molecule has 24 heavy (non-hydrogen) atoms. The summed E-state index contributed by atoms with van der Waals surface area (Å²) >= 11 is 0. The molecule has 0 fully saturated rings. The van der Waals surface area contributed by atoms with Gasteiger partial charge in [-0.2, -0.15) is 0 Å². The Hall–Kier alpha value is -2.89. The minimum absolute atomic E-state index is 0.193. The molecule has 2 aromatic heterocycles. The molecule has 0 bridgehead atoms. The van der Waals surface area contributed by atoms with Gasteiger partial charge in [0.15, 0.2) is 5.82 Å². The van der Waals surface area contributed by atoms with Gasteiger partial charge in [0.2, 0.25) is 5.65 Å². The molecule has 0 saturated heterocycles. The molecule has 0 aliphatic carbocycles. The van der Waals surface area contributed by atoms with Crippen LogP contribution in [0.2, 0.25) is 0 Å². The highest BCUT2D eigenvalue weighted by Gasteiger charge is 2.17. The summed E-state index contributed by atoms with van der Waals surface area (Å²) in [5, 5.41) is 5.87. The second kappa shape index (κ2) is 6.31. The summed E-state index contributed by atoms with van der Waals surface area (Å²) in [6.07, 6.45) is 4.62. The fourth-order valence-electron chi connectivity index (χ4n) is 2.86. The maximum absolute atomic E-state index is 13.0. The highest BCUT2D eigenvalue weighted by atomic mass is 16.2. The fourth-order valence-corrected chi connectivity index (χ4v) is 2.86. The van der Waals surface area contributed by atoms with Crippen LogP contribution in [-0.4, -0.2) is 19.2 Å². The summed E-state index contributed by atoms with van der Waals surface area (Å²) in [6.45, 7) is 5.84. The molecule has 0 radical (unpaired) electrons. The van der Waals surface area contributed by atoms with Crippen LogP contribution < -0.4 is 22.1 Å². The Labute approximate surface area is 139 Å². The Bertz CT molecular complexity index is 1050. The molecular formula is C18H21N5O. The molecule has 0 saturated carbocycles. The van der Waals surface area contributed by atoms with E-state index in [1.54, 1.807) is 4.40 Å². The van der Waals surface area contributed by atoms with Crippen molar-refractivity contribution in [3.63, 3.8) is 0 Å². The van der Waals surface area contributed by atoms with Gasteiger partial charge in [-0.05, 0) is 25.8 Å². The van der Waals surface area contributed by atoms with E-state index in [0.717, 1.165) is 17.3 Å². The Morgan fingerprint density at radius 2 is 2.00 bits per heavy atom. The second-order valence-electron chi connectivity index (χ2n) is 5.64. The topological polar surface area (TPSA) is 78.2 Å². The lowest BCUT2D eigenvalue weighted by atomic mass is 10.1. The third kappa shape index (κ3) is 2.50. The lowest BCUT2D eigenvalue weighted by Crippen LogP contribution is -2.40. The third-order valence-electron chi connectivity index (χ3n) is 4.09. The summed E-state index contributed by atoms with van der Waals surface area (Å²) in [4.78, 5) is 17.4. The number of nitrogens with zero attached hydrogens (tertiary/aromatic N) is 4. The second-order valence-corrected chi connectivity index (χ2v) is 5.64. The first-order valence-corrected chi connectivity index (χ1v) is 8.06. The molecule has 3 rings (SSSR count). The van der Waals surface area contributed by atoms with Crippen molar-refractivity contribution in [1.82, 2.24) is 19.2 Å². The predicted octanol–water partition coefficient (Wildman–Crippen LogP) is 1.07. The zero-order valence-electron chi connectivity index (χ0n) is 14.1. The number of benzene rings is 1. The SMILES string of the molecule is CC=c1c(=CCC)nc(N)c2nn(C(C)c3ccccc3)c(=O)n12. The normalized spacial score (nSPS) is 14.5. The molecule has 6 nitrogen and oxygen atoms in total. The van der Waals surface area contributed by atoms with Crippen molar-refractivity contribution in [2.24, 2.45) is 0 Å². The molecule has 2 N–H and O–H groups in total. The monoisotopic (exact) mass is 323 g/mol. The molecule has 1 atom stereocenters. The van der Waals surface area contributed by atoms with Gasteiger partial charge in [0.05, 0.1) is 16.7 Å². The Morgan fingerprint density at radius 3 is 2.62 bits per heavy atom. The highest BCUT2D eigenvalue weighted by Crippen LogP contribution is 2.15. The lowest BCUT2D eigenvalue weighted by Gasteiger charge is -2.10. The van der Waals surface area contributed by atoms with Crippen LogP contribution in [0.15, 0.2) is 35.1 Å². The average molecular weight is 323 g/mol. The summed E-state index contributed by atoms with van der Waals surface area (Å²) < 4.78 is 3.01. The average Bonchev–Trinajstić information content (AvgIpc) is 2.94.